The second-order valence-electron chi connectivity index (χ2n) is 6.67. The van der Waals surface area contributed by atoms with Crippen LogP contribution >= 0.6 is 0 Å². The molecule has 1 unspecified atom stereocenters. The predicted octanol–water partition coefficient (Wildman–Crippen LogP) is 3.24. The van der Waals surface area contributed by atoms with E-state index in [1.807, 2.05) is 38.1 Å². The van der Waals surface area contributed by atoms with Crippen molar-refractivity contribution in [2.45, 2.75) is 33.0 Å². The fourth-order valence-corrected chi connectivity index (χ4v) is 3.05. The van der Waals surface area contributed by atoms with Gasteiger partial charge in [0, 0.05) is 37.9 Å². The average Bonchev–Trinajstić information content (AvgIpc) is 2.67. The lowest BCUT2D eigenvalue weighted by Gasteiger charge is -2.20. The van der Waals surface area contributed by atoms with E-state index >= 15 is 0 Å². The second kappa shape index (κ2) is 9.05. The largest absolute Gasteiger partial charge is 0.350 e. The molecule has 1 aromatic carbocycles. The Balaban J connectivity index is 1.76. The van der Waals surface area contributed by atoms with Crippen molar-refractivity contribution < 1.29 is 4.79 Å². The molecule has 138 valence electrons. The Bertz CT molecular complexity index is 861. The first-order valence-corrected chi connectivity index (χ1v) is 8.99. The zero-order valence-corrected chi connectivity index (χ0v) is 15.6. The number of nitrogens with one attached hydrogen (secondary N) is 2. The zero-order valence-electron chi connectivity index (χ0n) is 15.6. The standard InChI is InChI=1S/C22H24N4O/c1-16-10-17(2)12-20(11-16)21(25-15-19-4-3-7-24-13-19)22(27)26-14-18-5-8-23-9-6-18/h3-13,21,25H,14-15H2,1-2H3,(H,26,27). The maximum Gasteiger partial charge on any atom is 0.242 e. The van der Waals surface area contributed by atoms with Gasteiger partial charge in [0.1, 0.15) is 6.04 Å². The smallest absolute Gasteiger partial charge is 0.242 e. The Kier molecular flexibility index (Phi) is 6.28. The maximum atomic E-state index is 13.0. The number of hydrogen-bond acceptors (Lipinski definition) is 4. The number of aromatic nitrogens is 2. The van der Waals surface area contributed by atoms with Gasteiger partial charge in [0.2, 0.25) is 5.91 Å². The summed E-state index contributed by atoms with van der Waals surface area (Å²) in [6.07, 6.45) is 7.00. The van der Waals surface area contributed by atoms with Crippen LogP contribution in [0.2, 0.25) is 0 Å². The van der Waals surface area contributed by atoms with Gasteiger partial charge in [-0.05, 0) is 48.7 Å². The number of amides is 1. The highest BCUT2D eigenvalue weighted by atomic mass is 16.2. The van der Waals surface area contributed by atoms with Gasteiger partial charge in [-0.1, -0.05) is 35.4 Å². The highest BCUT2D eigenvalue weighted by Gasteiger charge is 2.20. The highest BCUT2D eigenvalue weighted by molar-refractivity contribution is 5.83. The van der Waals surface area contributed by atoms with E-state index in [0.29, 0.717) is 13.1 Å². The van der Waals surface area contributed by atoms with Gasteiger partial charge in [-0.3, -0.25) is 20.1 Å². The van der Waals surface area contributed by atoms with Crippen LogP contribution in [0, 0.1) is 13.8 Å². The summed E-state index contributed by atoms with van der Waals surface area (Å²) in [7, 11) is 0. The average molecular weight is 360 g/mol. The minimum Gasteiger partial charge on any atom is -0.350 e. The fraction of sp³-hybridized carbons (Fsp3) is 0.227. The number of rotatable bonds is 7. The molecule has 0 fully saturated rings. The summed E-state index contributed by atoms with van der Waals surface area (Å²) in [5.41, 5.74) is 5.29. The first-order chi connectivity index (χ1) is 13.1. The van der Waals surface area contributed by atoms with E-state index in [4.69, 9.17) is 0 Å². The molecule has 0 aliphatic heterocycles. The third-order valence-electron chi connectivity index (χ3n) is 4.29. The molecular formula is C22H24N4O. The molecule has 1 amide bonds. The van der Waals surface area contributed by atoms with Gasteiger partial charge in [0.25, 0.3) is 0 Å². The van der Waals surface area contributed by atoms with Crippen LogP contribution in [0.4, 0.5) is 0 Å². The van der Waals surface area contributed by atoms with Crippen molar-refractivity contribution in [2.24, 2.45) is 0 Å². The molecule has 0 saturated carbocycles. The molecule has 0 spiro atoms. The van der Waals surface area contributed by atoms with Gasteiger partial charge >= 0.3 is 0 Å². The van der Waals surface area contributed by atoms with E-state index in [-0.39, 0.29) is 5.91 Å². The Hall–Kier alpha value is -3.05. The van der Waals surface area contributed by atoms with E-state index in [2.05, 4.69) is 38.8 Å². The van der Waals surface area contributed by atoms with Crippen molar-refractivity contribution in [3.63, 3.8) is 0 Å². The summed E-state index contributed by atoms with van der Waals surface area (Å²) in [6, 6.07) is 13.5. The van der Waals surface area contributed by atoms with E-state index in [1.165, 1.54) is 0 Å². The number of carbonyl (C=O) groups excluding carboxylic acids is 1. The molecule has 2 N–H and O–H groups in total. The molecule has 0 saturated heterocycles. The van der Waals surface area contributed by atoms with Crippen LogP contribution in [-0.2, 0) is 17.9 Å². The molecule has 3 aromatic rings. The summed E-state index contributed by atoms with van der Waals surface area (Å²) >= 11 is 0. The van der Waals surface area contributed by atoms with Crippen LogP contribution in [-0.4, -0.2) is 15.9 Å². The lowest BCUT2D eigenvalue weighted by atomic mass is 10.00. The first-order valence-electron chi connectivity index (χ1n) is 8.99. The van der Waals surface area contributed by atoms with Crippen molar-refractivity contribution in [3.8, 4) is 0 Å². The monoisotopic (exact) mass is 360 g/mol. The molecule has 5 heteroatoms. The quantitative estimate of drug-likeness (QED) is 0.679. The predicted molar refractivity (Wildman–Crippen MR) is 106 cm³/mol. The molecule has 27 heavy (non-hydrogen) atoms. The SMILES string of the molecule is Cc1cc(C)cc(C(NCc2cccnc2)C(=O)NCc2ccncc2)c1. The first kappa shape index (κ1) is 18.7. The van der Waals surface area contributed by atoms with Gasteiger partial charge in [0.15, 0.2) is 0 Å². The molecule has 0 aliphatic carbocycles. The van der Waals surface area contributed by atoms with E-state index < -0.39 is 6.04 Å². The summed E-state index contributed by atoms with van der Waals surface area (Å²) in [5, 5.41) is 6.41. The maximum absolute atomic E-state index is 13.0. The van der Waals surface area contributed by atoms with E-state index in [9.17, 15) is 4.79 Å². The van der Waals surface area contributed by atoms with Crippen LogP contribution in [0.25, 0.3) is 0 Å². The number of nitrogens with zero attached hydrogens (tertiary/aromatic N) is 2. The van der Waals surface area contributed by atoms with Crippen molar-refractivity contribution in [1.82, 2.24) is 20.6 Å². The fourth-order valence-electron chi connectivity index (χ4n) is 3.05. The number of carbonyl (C=O) groups is 1. The summed E-state index contributed by atoms with van der Waals surface area (Å²) in [4.78, 5) is 21.1. The number of pyridine rings is 2. The second-order valence-corrected chi connectivity index (χ2v) is 6.67. The van der Waals surface area contributed by atoms with Crippen molar-refractivity contribution >= 4 is 5.91 Å². The highest BCUT2D eigenvalue weighted by Crippen LogP contribution is 2.18. The third kappa shape index (κ3) is 5.46. The van der Waals surface area contributed by atoms with Gasteiger partial charge in [0.05, 0.1) is 0 Å². The van der Waals surface area contributed by atoms with Crippen LogP contribution in [0.3, 0.4) is 0 Å². The Labute approximate surface area is 159 Å². The summed E-state index contributed by atoms with van der Waals surface area (Å²) < 4.78 is 0. The number of benzene rings is 1. The van der Waals surface area contributed by atoms with E-state index in [1.54, 1.807) is 24.8 Å². The minimum atomic E-state index is -0.439. The molecule has 0 bridgehead atoms. The Morgan fingerprint density at radius 3 is 2.33 bits per heavy atom. The minimum absolute atomic E-state index is 0.0549. The topological polar surface area (TPSA) is 66.9 Å². The van der Waals surface area contributed by atoms with Crippen LogP contribution in [0.1, 0.15) is 33.9 Å². The molecule has 5 nitrogen and oxygen atoms in total. The summed E-state index contributed by atoms with van der Waals surface area (Å²) in [6.45, 7) is 5.12. The summed E-state index contributed by atoms with van der Waals surface area (Å²) in [5.74, 6) is -0.0549. The van der Waals surface area contributed by atoms with Crippen LogP contribution < -0.4 is 10.6 Å². The molecule has 3 rings (SSSR count). The van der Waals surface area contributed by atoms with Crippen molar-refractivity contribution in [1.29, 1.82) is 0 Å². The lowest BCUT2D eigenvalue weighted by molar-refractivity contribution is -0.123. The number of hydrogen-bond donors (Lipinski definition) is 2. The molecule has 2 heterocycles. The number of aryl methyl sites for hydroxylation is 2. The molecule has 1 atom stereocenters. The van der Waals surface area contributed by atoms with Gasteiger partial charge in [-0.25, -0.2) is 0 Å². The molecule has 0 radical (unpaired) electrons. The third-order valence-corrected chi connectivity index (χ3v) is 4.29. The molecule has 2 aromatic heterocycles. The zero-order chi connectivity index (χ0) is 19.1. The van der Waals surface area contributed by atoms with Gasteiger partial charge in [-0.15, -0.1) is 0 Å². The van der Waals surface area contributed by atoms with Gasteiger partial charge in [-0.2, -0.15) is 0 Å². The van der Waals surface area contributed by atoms with Crippen molar-refractivity contribution in [3.05, 3.63) is 95.1 Å². The van der Waals surface area contributed by atoms with Crippen LogP contribution in [0.15, 0.2) is 67.3 Å². The van der Waals surface area contributed by atoms with Crippen LogP contribution in [0.5, 0.6) is 0 Å². The Morgan fingerprint density at radius 2 is 1.67 bits per heavy atom. The Morgan fingerprint density at radius 1 is 0.926 bits per heavy atom. The molecule has 0 aliphatic rings. The lowest BCUT2D eigenvalue weighted by Crippen LogP contribution is -2.37. The van der Waals surface area contributed by atoms with Crippen molar-refractivity contribution in [2.75, 3.05) is 0 Å². The van der Waals surface area contributed by atoms with Gasteiger partial charge < -0.3 is 5.32 Å². The normalized spacial score (nSPS) is 11.8. The molecular weight excluding hydrogens is 336 g/mol. The van der Waals surface area contributed by atoms with E-state index in [0.717, 1.165) is 27.8 Å².